The Balaban J connectivity index is 1.40. The molecule has 0 aliphatic rings. The Hall–Kier alpha value is -6.38. The number of rotatable bonds is 6. The third-order valence-corrected chi connectivity index (χ3v) is 9.25. The molecule has 8 aromatic carbocycles. The summed E-state index contributed by atoms with van der Waals surface area (Å²) in [6, 6.07) is 66.8. The molecule has 0 unspecified atom stereocenters. The maximum Gasteiger partial charge on any atom is 0.160 e. The minimum Gasteiger partial charge on any atom is -0.454 e. The minimum absolute atomic E-state index is 0.831. The van der Waals surface area contributed by atoms with Gasteiger partial charge in [-0.2, -0.15) is 0 Å². The van der Waals surface area contributed by atoms with Crippen LogP contribution in [0, 0.1) is 0 Å². The van der Waals surface area contributed by atoms with Gasteiger partial charge in [0.2, 0.25) is 0 Å². The number of benzene rings is 8. The third-order valence-electron chi connectivity index (χ3n) is 9.25. The number of hydrogen-bond acceptors (Lipinski definition) is 2. The second-order valence-electron chi connectivity index (χ2n) is 12.1. The van der Waals surface area contributed by atoms with Gasteiger partial charge in [0.1, 0.15) is 11.3 Å². The minimum atomic E-state index is 0.831. The number of para-hydroxylation sites is 1. The fraction of sp³-hybridized carbons (Fsp3) is 0. The van der Waals surface area contributed by atoms with E-state index in [1.807, 2.05) is 6.07 Å². The Morgan fingerprint density at radius 2 is 0.958 bits per heavy atom. The molecule has 0 aliphatic heterocycles. The quantitative estimate of drug-likeness (QED) is 0.174. The summed E-state index contributed by atoms with van der Waals surface area (Å²) in [4.78, 5) is 2.42. The van der Waals surface area contributed by atoms with Gasteiger partial charge < -0.3 is 9.32 Å². The molecule has 0 saturated heterocycles. The van der Waals surface area contributed by atoms with Gasteiger partial charge in [-0.15, -0.1) is 0 Å². The maximum atomic E-state index is 6.94. The molecule has 0 N–H and O–H groups in total. The Morgan fingerprint density at radius 1 is 0.375 bits per heavy atom. The van der Waals surface area contributed by atoms with Crippen LogP contribution >= 0.6 is 0 Å². The second kappa shape index (κ2) is 11.8. The Kier molecular flexibility index (Phi) is 6.84. The topological polar surface area (TPSA) is 16.4 Å². The summed E-state index contributed by atoms with van der Waals surface area (Å²) in [6.45, 7) is 0. The normalized spacial score (nSPS) is 11.3. The first kappa shape index (κ1) is 27.9. The van der Waals surface area contributed by atoms with E-state index < -0.39 is 0 Å². The van der Waals surface area contributed by atoms with Crippen LogP contribution in [-0.4, -0.2) is 0 Å². The lowest BCUT2D eigenvalue weighted by Gasteiger charge is -2.28. The van der Waals surface area contributed by atoms with Crippen LogP contribution in [0.25, 0.3) is 66.1 Å². The number of nitrogens with zero attached hydrogens (tertiary/aromatic N) is 1. The molecule has 0 spiro atoms. The van der Waals surface area contributed by atoms with Gasteiger partial charge in [-0.1, -0.05) is 158 Å². The zero-order chi connectivity index (χ0) is 31.9. The standard InChI is InChI=1S/C46H31NO/c1-3-16-32(17-4-1)34-21-15-22-36(30-34)47(43-31-35-20-7-8-24-38(35)39-25-10-11-26-40(39)43)45-42-28-13-14-29-44(42)48-46(45)41-27-12-9-23-37(41)33-18-5-2-6-19-33/h1-31H. The summed E-state index contributed by atoms with van der Waals surface area (Å²) in [5.41, 5.74) is 9.66. The van der Waals surface area contributed by atoms with Gasteiger partial charge in [-0.25, -0.2) is 0 Å². The zero-order valence-electron chi connectivity index (χ0n) is 26.3. The smallest absolute Gasteiger partial charge is 0.160 e. The van der Waals surface area contributed by atoms with Crippen molar-refractivity contribution >= 4 is 49.6 Å². The van der Waals surface area contributed by atoms with Crippen molar-refractivity contribution < 1.29 is 4.42 Å². The first-order valence-corrected chi connectivity index (χ1v) is 16.4. The van der Waals surface area contributed by atoms with E-state index in [1.54, 1.807) is 0 Å². The van der Waals surface area contributed by atoms with Crippen molar-refractivity contribution in [2.24, 2.45) is 0 Å². The molecule has 48 heavy (non-hydrogen) atoms. The number of fused-ring (bicyclic) bond motifs is 4. The molecule has 2 nitrogen and oxygen atoms in total. The van der Waals surface area contributed by atoms with Gasteiger partial charge >= 0.3 is 0 Å². The van der Waals surface area contributed by atoms with Crippen molar-refractivity contribution in [2.75, 3.05) is 4.90 Å². The molecule has 0 amide bonds. The number of furan rings is 1. The van der Waals surface area contributed by atoms with Crippen LogP contribution in [0.5, 0.6) is 0 Å². The van der Waals surface area contributed by atoms with E-state index in [-0.39, 0.29) is 0 Å². The van der Waals surface area contributed by atoms with E-state index in [0.717, 1.165) is 56.0 Å². The number of hydrogen-bond donors (Lipinski definition) is 0. The van der Waals surface area contributed by atoms with Gasteiger partial charge in [-0.05, 0) is 68.7 Å². The van der Waals surface area contributed by atoms with E-state index in [4.69, 9.17) is 4.42 Å². The predicted octanol–water partition coefficient (Wildman–Crippen LogP) is 13.2. The fourth-order valence-corrected chi connectivity index (χ4v) is 7.05. The molecule has 1 heterocycles. The average Bonchev–Trinajstić information content (AvgIpc) is 3.55. The van der Waals surface area contributed by atoms with Crippen molar-refractivity contribution in [3.05, 3.63) is 188 Å². The highest BCUT2D eigenvalue weighted by Gasteiger charge is 2.27. The van der Waals surface area contributed by atoms with Gasteiger partial charge in [-0.3, -0.25) is 0 Å². The molecular formula is C46H31NO. The molecule has 0 bridgehead atoms. The molecule has 0 radical (unpaired) electrons. The van der Waals surface area contributed by atoms with Crippen molar-refractivity contribution in [2.45, 2.75) is 0 Å². The lowest BCUT2D eigenvalue weighted by Crippen LogP contribution is -2.11. The van der Waals surface area contributed by atoms with Crippen LogP contribution < -0.4 is 4.90 Å². The van der Waals surface area contributed by atoms with E-state index in [9.17, 15) is 0 Å². The predicted molar refractivity (Wildman–Crippen MR) is 202 cm³/mol. The van der Waals surface area contributed by atoms with E-state index >= 15 is 0 Å². The van der Waals surface area contributed by atoms with Crippen LogP contribution in [0.4, 0.5) is 17.1 Å². The van der Waals surface area contributed by atoms with Gasteiger partial charge in [0, 0.05) is 22.0 Å². The highest BCUT2D eigenvalue weighted by atomic mass is 16.3. The molecule has 9 aromatic rings. The molecule has 0 fully saturated rings. The first-order chi connectivity index (χ1) is 23.8. The summed E-state index contributed by atoms with van der Waals surface area (Å²) < 4.78 is 6.94. The highest BCUT2D eigenvalue weighted by Crippen LogP contribution is 2.51. The van der Waals surface area contributed by atoms with Crippen LogP contribution in [0.1, 0.15) is 0 Å². The zero-order valence-corrected chi connectivity index (χ0v) is 26.3. The second-order valence-corrected chi connectivity index (χ2v) is 12.1. The molecule has 0 saturated carbocycles. The largest absolute Gasteiger partial charge is 0.454 e. The third kappa shape index (κ3) is 4.74. The van der Waals surface area contributed by atoms with Crippen molar-refractivity contribution in [3.8, 4) is 33.6 Å². The van der Waals surface area contributed by atoms with Crippen LogP contribution in [-0.2, 0) is 0 Å². The summed E-state index contributed by atoms with van der Waals surface area (Å²) in [5, 5.41) is 5.87. The van der Waals surface area contributed by atoms with Crippen LogP contribution in [0.3, 0.4) is 0 Å². The molecule has 0 atom stereocenters. The summed E-state index contributed by atoms with van der Waals surface area (Å²) >= 11 is 0. The van der Waals surface area contributed by atoms with Gasteiger partial charge in [0.15, 0.2) is 5.76 Å². The van der Waals surface area contributed by atoms with E-state index in [1.165, 1.54) is 27.1 Å². The van der Waals surface area contributed by atoms with E-state index in [2.05, 4.69) is 187 Å². The van der Waals surface area contributed by atoms with Crippen LogP contribution in [0.2, 0.25) is 0 Å². The molecule has 2 heteroatoms. The summed E-state index contributed by atoms with van der Waals surface area (Å²) in [5.74, 6) is 0.831. The molecule has 1 aromatic heterocycles. The molecular weight excluding hydrogens is 583 g/mol. The monoisotopic (exact) mass is 613 g/mol. The highest BCUT2D eigenvalue weighted by molar-refractivity contribution is 6.16. The van der Waals surface area contributed by atoms with Gasteiger partial charge in [0.05, 0.1) is 5.69 Å². The average molecular weight is 614 g/mol. The number of anilines is 3. The fourth-order valence-electron chi connectivity index (χ4n) is 7.05. The first-order valence-electron chi connectivity index (χ1n) is 16.4. The Labute approximate surface area is 279 Å². The SMILES string of the molecule is c1ccc(-c2cccc(N(c3c(-c4ccccc4-c4ccccc4)oc4ccccc34)c3cc4ccccc4c4ccccc34)c2)cc1. The molecule has 0 aliphatic carbocycles. The van der Waals surface area contributed by atoms with Crippen molar-refractivity contribution in [1.29, 1.82) is 0 Å². The molecule has 9 rings (SSSR count). The Morgan fingerprint density at radius 3 is 1.75 bits per heavy atom. The molecule has 226 valence electrons. The lowest BCUT2D eigenvalue weighted by molar-refractivity contribution is 0.632. The summed E-state index contributed by atoms with van der Waals surface area (Å²) in [7, 11) is 0. The van der Waals surface area contributed by atoms with Crippen molar-refractivity contribution in [1.82, 2.24) is 0 Å². The maximum absolute atomic E-state index is 6.94. The van der Waals surface area contributed by atoms with Crippen molar-refractivity contribution in [3.63, 3.8) is 0 Å². The Bertz CT molecular complexity index is 2560. The van der Waals surface area contributed by atoms with E-state index in [0.29, 0.717) is 0 Å². The summed E-state index contributed by atoms with van der Waals surface area (Å²) in [6.07, 6.45) is 0. The lowest BCUT2D eigenvalue weighted by atomic mass is 9.95. The van der Waals surface area contributed by atoms with Crippen LogP contribution in [0.15, 0.2) is 192 Å². The van der Waals surface area contributed by atoms with Gasteiger partial charge in [0.25, 0.3) is 0 Å².